The summed E-state index contributed by atoms with van der Waals surface area (Å²) in [6.07, 6.45) is -2.83. The van der Waals surface area contributed by atoms with Crippen LogP contribution in [0, 0.1) is 0 Å². The zero-order chi connectivity index (χ0) is 24.5. The maximum atomic E-state index is 10.7. The van der Waals surface area contributed by atoms with Crippen molar-refractivity contribution in [2.24, 2.45) is 11.5 Å². The van der Waals surface area contributed by atoms with Gasteiger partial charge in [0.15, 0.2) is 17.7 Å². The molecule has 0 bridgehead atoms. The molecule has 12 N–H and O–H groups in total. The van der Waals surface area contributed by atoms with Crippen LogP contribution in [-0.2, 0) is 13.8 Å². The number of imidazole rings is 1. The van der Waals surface area contributed by atoms with Gasteiger partial charge < -0.3 is 52.2 Å². The smallest absolute Gasteiger partial charge is 0.395 e. The van der Waals surface area contributed by atoms with Gasteiger partial charge in [0.2, 0.25) is 0 Å². The lowest BCUT2D eigenvalue weighted by atomic mass is 10.1. The molecule has 184 valence electrons. The zero-order valence-electron chi connectivity index (χ0n) is 17.2. The van der Waals surface area contributed by atoms with E-state index in [9.17, 15) is 14.8 Å². The molecule has 5 atom stereocenters. The third-order valence-electron chi connectivity index (χ3n) is 3.88. The lowest BCUT2D eigenvalue weighted by Gasteiger charge is -2.16. The first-order chi connectivity index (χ1) is 15.0. The highest BCUT2D eigenvalue weighted by atomic mass is 31.2. The van der Waals surface area contributed by atoms with Crippen molar-refractivity contribution in [2.75, 3.05) is 32.0 Å². The average Bonchev–Trinajstić information content (AvgIpc) is 3.29. The first-order valence-corrected chi connectivity index (χ1v) is 10.8. The van der Waals surface area contributed by atoms with Crippen LogP contribution in [-0.4, -0.2) is 100 Å². The van der Waals surface area contributed by atoms with Gasteiger partial charge in [-0.05, 0) is 6.92 Å². The Balaban J connectivity index is 0.000000485. The number of aromatic nitrogens is 4. The van der Waals surface area contributed by atoms with E-state index in [0.717, 1.165) is 0 Å². The third-order valence-corrected chi connectivity index (χ3v) is 4.36. The highest BCUT2D eigenvalue weighted by molar-refractivity contribution is 7.46. The Hall–Kier alpha value is -1.82. The summed E-state index contributed by atoms with van der Waals surface area (Å²) in [6.45, 7) is 1.89. The van der Waals surface area contributed by atoms with Crippen LogP contribution in [0.25, 0.3) is 11.2 Å². The summed E-state index contributed by atoms with van der Waals surface area (Å²) in [4.78, 5) is 29.2. The van der Waals surface area contributed by atoms with E-state index in [2.05, 4.69) is 19.5 Å². The van der Waals surface area contributed by atoms with E-state index >= 15 is 0 Å². The molecule has 0 aromatic carbocycles. The van der Waals surface area contributed by atoms with Gasteiger partial charge in [-0.3, -0.25) is 9.09 Å². The zero-order valence-corrected chi connectivity index (χ0v) is 18.1. The number of phosphoric acid groups is 1. The first kappa shape index (κ1) is 28.2. The van der Waals surface area contributed by atoms with Crippen LogP contribution in [0.1, 0.15) is 13.2 Å². The summed E-state index contributed by atoms with van der Waals surface area (Å²) in [5, 5.41) is 36.0. The number of nitrogens with two attached hydrogens (primary N) is 3. The molecule has 0 spiro atoms. The van der Waals surface area contributed by atoms with Crippen LogP contribution in [0.15, 0.2) is 12.7 Å². The second-order valence-corrected chi connectivity index (χ2v) is 7.75. The molecule has 0 saturated carbocycles. The second kappa shape index (κ2) is 13.0. The van der Waals surface area contributed by atoms with Gasteiger partial charge >= 0.3 is 7.82 Å². The highest BCUT2D eigenvalue weighted by Gasteiger charge is 2.45. The van der Waals surface area contributed by atoms with Gasteiger partial charge in [-0.15, -0.1) is 0 Å². The van der Waals surface area contributed by atoms with E-state index in [1.807, 2.05) is 0 Å². The van der Waals surface area contributed by atoms with Crippen LogP contribution in [0.5, 0.6) is 0 Å². The molecule has 16 nitrogen and oxygen atoms in total. The lowest BCUT2D eigenvalue weighted by molar-refractivity contribution is -0.0504. The number of hydrogen-bond donors (Lipinski definition) is 9. The van der Waals surface area contributed by atoms with Crippen LogP contribution in [0.2, 0.25) is 0 Å². The standard InChI is InChI=1S/C10H14N5O7P.C3H9NO.C2H7NO/c11-8-5-9(13-2-12-8)15(3-14-5)10-7(17)6(16)4(22-10)1-21-23(18,19)20;1-3(5)2-4;3-1-2-4/h2-4,6-7,10,16-17H,1H2,(H2,11,12,13)(H2,18,19,20);3,5H,2,4H2,1H3;4H,1-3H2/t4-,6-,7-,10-;;/m1../s1. The monoisotopic (exact) mass is 483 g/mol. The predicted octanol–water partition coefficient (Wildman–Crippen LogP) is -3.60. The highest BCUT2D eigenvalue weighted by Crippen LogP contribution is 2.38. The second-order valence-electron chi connectivity index (χ2n) is 6.51. The molecule has 1 aliphatic rings. The van der Waals surface area contributed by atoms with E-state index in [4.69, 9.17) is 41.9 Å². The third kappa shape index (κ3) is 8.27. The molecule has 17 heteroatoms. The van der Waals surface area contributed by atoms with Crippen molar-refractivity contribution in [3.63, 3.8) is 0 Å². The summed E-state index contributed by atoms with van der Waals surface area (Å²) in [7, 11) is -4.72. The molecular weight excluding hydrogens is 453 g/mol. The van der Waals surface area contributed by atoms with Crippen molar-refractivity contribution in [1.82, 2.24) is 19.5 Å². The molecule has 0 aliphatic carbocycles. The molecule has 3 heterocycles. The molecule has 1 fully saturated rings. The number of fused-ring (bicyclic) bond motifs is 1. The average molecular weight is 483 g/mol. The minimum absolute atomic E-state index is 0.0972. The van der Waals surface area contributed by atoms with Crippen LogP contribution < -0.4 is 17.2 Å². The van der Waals surface area contributed by atoms with E-state index in [-0.39, 0.29) is 24.2 Å². The Morgan fingerprint density at radius 1 is 1.25 bits per heavy atom. The van der Waals surface area contributed by atoms with E-state index in [1.165, 1.54) is 17.2 Å². The number of aliphatic hydroxyl groups excluding tert-OH is 4. The molecular formula is C15H30N7O9P. The largest absolute Gasteiger partial charge is 0.469 e. The number of rotatable bonds is 6. The van der Waals surface area contributed by atoms with Crippen LogP contribution in [0.3, 0.4) is 0 Å². The molecule has 1 aliphatic heterocycles. The quantitative estimate of drug-likeness (QED) is 0.179. The fourth-order valence-electron chi connectivity index (χ4n) is 2.32. The van der Waals surface area contributed by atoms with Gasteiger partial charge in [-0.1, -0.05) is 0 Å². The Labute approximate surface area is 182 Å². The number of ether oxygens (including phenoxy) is 1. The number of aliphatic hydroxyl groups is 4. The summed E-state index contributed by atoms with van der Waals surface area (Å²) in [5.74, 6) is 0.142. The van der Waals surface area contributed by atoms with Gasteiger partial charge in [0.05, 0.1) is 25.6 Å². The molecule has 32 heavy (non-hydrogen) atoms. The van der Waals surface area contributed by atoms with E-state index in [0.29, 0.717) is 18.6 Å². The summed E-state index contributed by atoms with van der Waals surface area (Å²) < 4.78 is 21.8. The minimum atomic E-state index is -4.72. The summed E-state index contributed by atoms with van der Waals surface area (Å²) in [5.41, 5.74) is 15.9. The molecule has 2 aromatic heterocycles. The topological polar surface area (TPSA) is 279 Å². The Bertz CT molecular complexity index is 863. The number of nitrogen functional groups attached to an aromatic ring is 1. The number of nitrogens with zero attached hydrogens (tertiary/aromatic N) is 4. The molecule has 2 aromatic rings. The van der Waals surface area contributed by atoms with Gasteiger partial charge in [-0.25, -0.2) is 19.5 Å². The number of phosphoric ester groups is 1. The van der Waals surface area contributed by atoms with Gasteiger partial charge in [-0.2, -0.15) is 0 Å². The van der Waals surface area contributed by atoms with Gasteiger partial charge in [0.25, 0.3) is 0 Å². The Morgan fingerprint density at radius 3 is 2.34 bits per heavy atom. The van der Waals surface area contributed by atoms with Crippen molar-refractivity contribution in [2.45, 2.75) is 37.6 Å². The fourth-order valence-corrected chi connectivity index (χ4v) is 2.66. The maximum Gasteiger partial charge on any atom is 0.469 e. The SMILES string of the molecule is CC(O)CN.NCCO.Nc1ncnc2c1ncn2[C@@H]1O[C@H](COP(=O)(O)O)[C@@H](O)[C@H]1O. The normalized spacial score (nSPS) is 23.8. The molecule has 1 unspecified atom stereocenters. The minimum Gasteiger partial charge on any atom is -0.395 e. The molecule has 3 rings (SSSR count). The van der Waals surface area contributed by atoms with Crippen molar-refractivity contribution >= 4 is 24.8 Å². The summed E-state index contributed by atoms with van der Waals surface area (Å²) >= 11 is 0. The van der Waals surface area contributed by atoms with Crippen molar-refractivity contribution in [3.8, 4) is 0 Å². The molecule has 1 saturated heterocycles. The molecule has 0 amide bonds. The summed E-state index contributed by atoms with van der Waals surface area (Å²) in [6, 6.07) is 0. The van der Waals surface area contributed by atoms with Gasteiger partial charge in [0, 0.05) is 13.1 Å². The number of hydrogen-bond acceptors (Lipinski definition) is 13. The van der Waals surface area contributed by atoms with Gasteiger partial charge in [0.1, 0.15) is 30.2 Å². The Morgan fingerprint density at radius 2 is 1.84 bits per heavy atom. The van der Waals surface area contributed by atoms with Crippen LogP contribution >= 0.6 is 7.82 Å². The Kier molecular flexibility index (Phi) is 11.5. The first-order valence-electron chi connectivity index (χ1n) is 9.30. The van der Waals surface area contributed by atoms with E-state index < -0.39 is 39.0 Å². The van der Waals surface area contributed by atoms with Crippen molar-refractivity contribution in [3.05, 3.63) is 12.7 Å². The van der Waals surface area contributed by atoms with E-state index in [1.54, 1.807) is 6.92 Å². The van der Waals surface area contributed by atoms with Crippen molar-refractivity contribution in [1.29, 1.82) is 0 Å². The maximum absolute atomic E-state index is 10.7. The van der Waals surface area contributed by atoms with Crippen molar-refractivity contribution < 1.29 is 44.0 Å². The lowest BCUT2D eigenvalue weighted by Crippen LogP contribution is -2.33. The number of anilines is 1. The fraction of sp³-hybridized carbons (Fsp3) is 0.667. The molecule has 0 radical (unpaired) electrons. The predicted molar refractivity (Wildman–Crippen MR) is 111 cm³/mol. The van der Waals surface area contributed by atoms with Crippen LogP contribution in [0.4, 0.5) is 5.82 Å².